The SMILES string of the molecule is CC(C)C(CC(C(F)(F)F)C(F)(F)F)OC(=O)/C=C\C(=O)O. The zero-order valence-electron chi connectivity index (χ0n) is 11.5. The van der Waals surface area contributed by atoms with Crippen LogP contribution in [0.4, 0.5) is 26.3 Å². The second kappa shape index (κ2) is 7.50. The number of aliphatic carboxylic acids is 1. The number of ether oxygens (including phenoxy) is 1. The van der Waals surface area contributed by atoms with Crippen LogP contribution in [0.15, 0.2) is 12.2 Å². The largest absolute Gasteiger partial charge is 0.478 e. The number of halogens is 6. The molecule has 10 heteroatoms. The average molecular weight is 336 g/mol. The van der Waals surface area contributed by atoms with Crippen molar-refractivity contribution in [1.29, 1.82) is 0 Å². The van der Waals surface area contributed by atoms with E-state index < -0.39 is 48.7 Å². The fraction of sp³-hybridized carbons (Fsp3) is 0.667. The number of hydrogen-bond acceptors (Lipinski definition) is 3. The molecule has 0 bridgehead atoms. The lowest BCUT2D eigenvalue weighted by Crippen LogP contribution is -2.41. The first-order chi connectivity index (χ1) is 9.75. The molecular weight excluding hydrogens is 322 g/mol. The van der Waals surface area contributed by atoms with Crippen LogP contribution < -0.4 is 0 Å². The Hall–Kier alpha value is -1.74. The first-order valence-corrected chi connectivity index (χ1v) is 6.00. The van der Waals surface area contributed by atoms with E-state index in [9.17, 15) is 35.9 Å². The smallest absolute Gasteiger partial charge is 0.400 e. The van der Waals surface area contributed by atoms with Crippen molar-refractivity contribution >= 4 is 11.9 Å². The highest BCUT2D eigenvalue weighted by Crippen LogP contribution is 2.43. The average Bonchev–Trinajstić information content (AvgIpc) is 2.27. The fourth-order valence-electron chi connectivity index (χ4n) is 1.47. The normalized spacial score (nSPS) is 14.6. The second-order valence-corrected chi connectivity index (χ2v) is 4.76. The Morgan fingerprint density at radius 1 is 1.05 bits per heavy atom. The highest BCUT2D eigenvalue weighted by molar-refractivity contribution is 5.90. The molecule has 0 aromatic heterocycles. The van der Waals surface area contributed by atoms with E-state index in [0.29, 0.717) is 12.2 Å². The Morgan fingerprint density at radius 2 is 1.50 bits per heavy atom. The van der Waals surface area contributed by atoms with E-state index in [1.165, 1.54) is 13.8 Å². The number of hydrogen-bond donors (Lipinski definition) is 1. The molecule has 1 unspecified atom stereocenters. The van der Waals surface area contributed by atoms with E-state index in [1.807, 2.05) is 0 Å². The van der Waals surface area contributed by atoms with E-state index in [4.69, 9.17) is 5.11 Å². The maximum atomic E-state index is 12.5. The molecular formula is C12H14F6O4. The third kappa shape index (κ3) is 7.32. The second-order valence-electron chi connectivity index (χ2n) is 4.76. The Labute approximate surface area is 121 Å². The third-order valence-electron chi connectivity index (χ3n) is 2.63. The summed E-state index contributed by atoms with van der Waals surface area (Å²) < 4.78 is 79.4. The van der Waals surface area contributed by atoms with Crippen LogP contribution >= 0.6 is 0 Å². The van der Waals surface area contributed by atoms with E-state index in [-0.39, 0.29) is 0 Å². The van der Waals surface area contributed by atoms with Gasteiger partial charge in [-0.2, -0.15) is 26.3 Å². The summed E-state index contributed by atoms with van der Waals surface area (Å²) in [6, 6.07) is 0. The molecule has 0 spiro atoms. The van der Waals surface area contributed by atoms with Crippen LogP contribution in [0.3, 0.4) is 0 Å². The molecule has 0 aliphatic heterocycles. The molecule has 0 aromatic rings. The van der Waals surface area contributed by atoms with Crippen LogP contribution in [0.2, 0.25) is 0 Å². The molecule has 128 valence electrons. The van der Waals surface area contributed by atoms with Crippen LogP contribution in [0.5, 0.6) is 0 Å². The van der Waals surface area contributed by atoms with Gasteiger partial charge in [-0.3, -0.25) is 0 Å². The van der Waals surface area contributed by atoms with Gasteiger partial charge in [-0.1, -0.05) is 13.8 Å². The lowest BCUT2D eigenvalue weighted by atomic mass is 9.93. The number of carboxylic acid groups (broad SMARTS) is 1. The van der Waals surface area contributed by atoms with Gasteiger partial charge in [-0.05, 0) is 5.92 Å². The third-order valence-corrected chi connectivity index (χ3v) is 2.63. The number of carboxylic acids is 1. The van der Waals surface area contributed by atoms with Crippen LogP contribution in [0.25, 0.3) is 0 Å². The first-order valence-electron chi connectivity index (χ1n) is 6.00. The van der Waals surface area contributed by atoms with Crippen molar-refractivity contribution in [3.05, 3.63) is 12.2 Å². The molecule has 1 atom stereocenters. The van der Waals surface area contributed by atoms with Gasteiger partial charge in [-0.15, -0.1) is 0 Å². The number of carbonyl (C=O) groups excluding carboxylic acids is 1. The van der Waals surface area contributed by atoms with Gasteiger partial charge in [0.1, 0.15) is 6.10 Å². The van der Waals surface area contributed by atoms with Crippen molar-refractivity contribution in [3.8, 4) is 0 Å². The van der Waals surface area contributed by atoms with Crippen molar-refractivity contribution in [2.24, 2.45) is 11.8 Å². The summed E-state index contributed by atoms with van der Waals surface area (Å²) in [5.41, 5.74) is 0. The van der Waals surface area contributed by atoms with Crippen molar-refractivity contribution in [1.82, 2.24) is 0 Å². The van der Waals surface area contributed by atoms with Crippen molar-refractivity contribution in [2.75, 3.05) is 0 Å². The van der Waals surface area contributed by atoms with Gasteiger partial charge in [0.2, 0.25) is 0 Å². The fourth-order valence-corrected chi connectivity index (χ4v) is 1.47. The van der Waals surface area contributed by atoms with E-state index in [1.54, 1.807) is 0 Å². The molecule has 0 fully saturated rings. The standard InChI is InChI=1S/C12H14F6O4/c1-6(2)7(22-10(21)4-3-9(19)20)5-8(11(13,14)15)12(16,17)18/h3-4,6-8H,5H2,1-2H3,(H,19,20)/b4-3-. The Kier molecular flexibility index (Phi) is 6.91. The summed E-state index contributed by atoms with van der Waals surface area (Å²) in [5, 5.41) is 8.27. The molecule has 1 N–H and O–H groups in total. The van der Waals surface area contributed by atoms with Crippen LogP contribution in [-0.2, 0) is 14.3 Å². The Balaban J connectivity index is 5.11. The minimum Gasteiger partial charge on any atom is -0.478 e. The summed E-state index contributed by atoms with van der Waals surface area (Å²) in [7, 11) is 0. The molecule has 4 nitrogen and oxygen atoms in total. The monoisotopic (exact) mass is 336 g/mol. The Morgan fingerprint density at radius 3 is 1.82 bits per heavy atom. The molecule has 22 heavy (non-hydrogen) atoms. The molecule has 0 aliphatic carbocycles. The minimum atomic E-state index is -5.53. The molecule has 0 saturated heterocycles. The lowest BCUT2D eigenvalue weighted by Gasteiger charge is -2.28. The molecule has 0 saturated carbocycles. The predicted molar refractivity (Wildman–Crippen MR) is 61.7 cm³/mol. The maximum Gasteiger partial charge on any atom is 0.400 e. The number of alkyl halides is 6. The number of esters is 1. The molecule has 0 aliphatic rings. The van der Waals surface area contributed by atoms with Gasteiger partial charge in [0, 0.05) is 18.6 Å². The topological polar surface area (TPSA) is 63.6 Å². The summed E-state index contributed by atoms with van der Waals surface area (Å²) in [6.45, 7) is 2.56. The van der Waals surface area contributed by atoms with Crippen LogP contribution in [0, 0.1) is 11.8 Å². The van der Waals surface area contributed by atoms with Crippen molar-refractivity contribution in [2.45, 2.75) is 38.7 Å². The van der Waals surface area contributed by atoms with E-state index >= 15 is 0 Å². The number of carbonyl (C=O) groups is 2. The van der Waals surface area contributed by atoms with Gasteiger partial charge in [0.25, 0.3) is 0 Å². The summed E-state index contributed by atoms with van der Waals surface area (Å²) in [4.78, 5) is 21.4. The molecule has 0 aromatic carbocycles. The van der Waals surface area contributed by atoms with Gasteiger partial charge in [-0.25, -0.2) is 9.59 Å². The summed E-state index contributed by atoms with van der Waals surface area (Å²) >= 11 is 0. The van der Waals surface area contributed by atoms with Crippen molar-refractivity contribution in [3.63, 3.8) is 0 Å². The lowest BCUT2D eigenvalue weighted by molar-refractivity contribution is -0.291. The van der Waals surface area contributed by atoms with E-state index in [2.05, 4.69) is 4.74 Å². The van der Waals surface area contributed by atoms with Crippen LogP contribution in [-0.4, -0.2) is 35.5 Å². The predicted octanol–water partition coefficient (Wildman–Crippen LogP) is 3.33. The summed E-state index contributed by atoms with van der Waals surface area (Å²) in [5.74, 6) is -7.30. The Bertz CT molecular complexity index is 410. The van der Waals surface area contributed by atoms with Gasteiger partial charge in [0.05, 0.1) is 0 Å². The minimum absolute atomic E-state index is 0.366. The molecule has 0 rings (SSSR count). The number of rotatable bonds is 6. The zero-order chi connectivity index (χ0) is 17.7. The van der Waals surface area contributed by atoms with Crippen LogP contribution in [0.1, 0.15) is 20.3 Å². The summed E-state index contributed by atoms with van der Waals surface area (Å²) in [6.07, 6.45) is -13.4. The van der Waals surface area contributed by atoms with Crippen molar-refractivity contribution < 1.29 is 45.8 Å². The van der Waals surface area contributed by atoms with E-state index in [0.717, 1.165) is 0 Å². The highest BCUT2D eigenvalue weighted by Gasteiger charge is 2.57. The molecule has 0 amide bonds. The highest BCUT2D eigenvalue weighted by atomic mass is 19.4. The zero-order valence-corrected chi connectivity index (χ0v) is 11.5. The molecule has 0 radical (unpaired) electrons. The van der Waals surface area contributed by atoms with Gasteiger partial charge < -0.3 is 9.84 Å². The quantitative estimate of drug-likeness (QED) is 0.459. The molecule has 0 heterocycles. The van der Waals surface area contributed by atoms with Gasteiger partial charge >= 0.3 is 24.3 Å². The maximum absolute atomic E-state index is 12.5. The van der Waals surface area contributed by atoms with Gasteiger partial charge in [0.15, 0.2) is 5.92 Å². The first kappa shape index (κ1) is 20.3.